The van der Waals surface area contributed by atoms with Crippen LogP contribution in [0.25, 0.3) is 0 Å². The van der Waals surface area contributed by atoms with Gasteiger partial charge in [0.1, 0.15) is 17.1 Å². The van der Waals surface area contributed by atoms with Crippen LogP contribution < -0.4 is 0 Å². The van der Waals surface area contributed by atoms with Gasteiger partial charge in [0.25, 0.3) is 0 Å². The maximum Gasteiger partial charge on any atom is 0.422 e. The normalized spacial score (nSPS) is 27.8. The summed E-state index contributed by atoms with van der Waals surface area (Å²) >= 11 is 0. The summed E-state index contributed by atoms with van der Waals surface area (Å²) in [5, 5.41) is 0. The second-order valence-corrected chi connectivity index (χ2v) is 6.38. The van der Waals surface area contributed by atoms with Gasteiger partial charge in [-0.25, -0.2) is 13.3 Å². The number of hydrogen-bond donors (Lipinski definition) is 0. The predicted molar refractivity (Wildman–Crippen MR) is 72.7 cm³/mol. The molecule has 1 saturated heterocycles. The van der Waals surface area contributed by atoms with Crippen LogP contribution in [0.4, 0.5) is 4.79 Å². The lowest BCUT2D eigenvalue weighted by atomic mass is 9.93. The number of carbonyl (C=O) groups excluding carboxylic acids is 1. The van der Waals surface area contributed by atoms with Gasteiger partial charge in [-0.3, -0.25) is 0 Å². The summed E-state index contributed by atoms with van der Waals surface area (Å²) in [6, 6.07) is 9.62. The van der Waals surface area contributed by atoms with E-state index in [0.29, 0.717) is 5.75 Å². The van der Waals surface area contributed by atoms with Crippen molar-refractivity contribution in [3.05, 3.63) is 35.9 Å². The van der Waals surface area contributed by atoms with Gasteiger partial charge in [0.15, 0.2) is 0 Å². The van der Waals surface area contributed by atoms with Crippen LogP contribution in [-0.4, -0.2) is 26.8 Å². The first-order valence-corrected chi connectivity index (χ1v) is 7.95. The Labute approximate surface area is 115 Å². The summed E-state index contributed by atoms with van der Waals surface area (Å²) in [5.41, 5.74) is 0.980. The van der Waals surface area contributed by atoms with E-state index in [1.54, 1.807) is 0 Å². The van der Waals surface area contributed by atoms with Gasteiger partial charge in [0.2, 0.25) is 0 Å². The van der Waals surface area contributed by atoms with Crippen molar-refractivity contribution in [2.45, 2.75) is 43.6 Å². The number of fused-ring (bicyclic) bond motifs is 1. The zero-order chi connectivity index (χ0) is 13.2. The van der Waals surface area contributed by atoms with Crippen LogP contribution in [0.1, 0.15) is 31.2 Å². The van der Waals surface area contributed by atoms with Crippen LogP contribution >= 0.6 is 0 Å². The summed E-state index contributed by atoms with van der Waals surface area (Å²) in [6.07, 6.45) is 3.50. The van der Waals surface area contributed by atoms with Crippen molar-refractivity contribution in [1.29, 1.82) is 0 Å². The lowest BCUT2D eigenvalue weighted by molar-refractivity contribution is 0.113. The quantitative estimate of drug-likeness (QED) is 0.854. The molecule has 0 bridgehead atoms. The van der Waals surface area contributed by atoms with Crippen molar-refractivity contribution in [3.63, 3.8) is 0 Å². The van der Waals surface area contributed by atoms with E-state index in [-0.39, 0.29) is 12.1 Å². The maximum absolute atomic E-state index is 12.4. The standard InChI is InChI=1S/C14H17NO3S/c16-14-15(12-8-4-5-9-13(12)18-14)19(17)10-11-6-2-1-3-7-11/h1-3,6-7,12-13H,4-5,8-10H2/t12-,13+,19?/m1/s1. The van der Waals surface area contributed by atoms with Crippen LogP contribution in [0.5, 0.6) is 0 Å². The molecule has 0 spiro atoms. The molecule has 0 radical (unpaired) electrons. The molecular formula is C14H17NO3S. The van der Waals surface area contributed by atoms with E-state index in [2.05, 4.69) is 0 Å². The van der Waals surface area contributed by atoms with Crippen LogP contribution in [0.15, 0.2) is 30.3 Å². The minimum Gasteiger partial charge on any atom is -0.443 e. The Morgan fingerprint density at radius 3 is 2.74 bits per heavy atom. The molecule has 1 aromatic rings. The molecule has 5 heteroatoms. The van der Waals surface area contributed by atoms with Gasteiger partial charge in [0.05, 0.1) is 11.8 Å². The predicted octanol–water partition coefficient (Wildman–Crippen LogP) is 2.61. The molecule has 1 aliphatic carbocycles. The van der Waals surface area contributed by atoms with Gasteiger partial charge in [-0.15, -0.1) is 0 Å². The lowest BCUT2D eigenvalue weighted by Gasteiger charge is -2.26. The molecule has 19 heavy (non-hydrogen) atoms. The summed E-state index contributed by atoms with van der Waals surface area (Å²) in [7, 11) is -1.34. The van der Waals surface area contributed by atoms with E-state index < -0.39 is 17.1 Å². The summed E-state index contributed by atoms with van der Waals surface area (Å²) < 4.78 is 19.2. The van der Waals surface area contributed by atoms with Gasteiger partial charge >= 0.3 is 6.09 Å². The molecule has 2 aliphatic rings. The second-order valence-electron chi connectivity index (χ2n) is 5.05. The minimum absolute atomic E-state index is 0.00537. The molecule has 1 aromatic carbocycles. The summed E-state index contributed by atoms with van der Waals surface area (Å²) in [5.74, 6) is 0.374. The fraction of sp³-hybridized carbons (Fsp3) is 0.500. The summed E-state index contributed by atoms with van der Waals surface area (Å²) in [4.78, 5) is 11.9. The van der Waals surface area contributed by atoms with Crippen molar-refractivity contribution in [2.24, 2.45) is 0 Å². The highest BCUT2D eigenvalue weighted by molar-refractivity contribution is 7.82. The zero-order valence-corrected chi connectivity index (χ0v) is 11.5. The number of ether oxygens (including phenoxy) is 1. The Morgan fingerprint density at radius 1 is 1.21 bits per heavy atom. The molecular weight excluding hydrogens is 262 g/mol. The van der Waals surface area contributed by atoms with Crippen molar-refractivity contribution < 1.29 is 13.7 Å². The van der Waals surface area contributed by atoms with E-state index >= 15 is 0 Å². The van der Waals surface area contributed by atoms with E-state index in [1.807, 2.05) is 30.3 Å². The smallest absolute Gasteiger partial charge is 0.422 e. The fourth-order valence-corrected chi connectivity index (χ4v) is 4.19. The Kier molecular flexibility index (Phi) is 3.55. The van der Waals surface area contributed by atoms with Crippen molar-refractivity contribution >= 4 is 17.1 Å². The zero-order valence-electron chi connectivity index (χ0n) is 10.7. The third kappa shape index (κ3) is 2.52. The summed E-state index contributed by atoms with van der Waals surface area (Å²) in [6.45, 7) is 0. The first kappa shape index (κ1) is 12.7. The first-order chi connectivity index (χ1) is 9.25. The molecule has 1 heterocycles. The molecule has 3 rings (SSSR count). The molecule has 1 amide bonds. The fourth-order valence-electron chi connectivity index (χ4n) is 2.82. The van der Waals surface area contributed by atoms with Crippen molar-refractivity contribution in [1.82, 2.24) is 4.31 Å². The van der Waals surface area contributed by atoms with Crippen LogP contribution in [0, 0.1) is 0 Å². The van der Waals surface area contributed by atoms with Crippen LogP contribution in [0.3, 0.4) is 0 Å². The number of benzene rings is 1. The number of amides is 1. The molecule has 4 nitrogen and oxygen atoms in total. The van der Waals surface area contributed by atoms with Crippen molar-refractivity contribution in [2.75, 3.05) is 0 Å². The van der Waals surface area contributed by atoms with Gasteiger partial charge in [-0.05, 0) is 24.8 Å². The van der Waals surface area contributed by atoms with Gasteiger partial charge in [0, 0.05) is 0 Å². The SMILES string of the molecule is O=C1O[C@H]2CCCC[C@H]2N1S(=O)Cc1ccccc1. The molecule has 1 unspecified atom stereocenters. The van der Waals surface area contributed by atoms with E-state index in [9.17, 15) is 9.00 Å². The number of carbonyl (C=O) groups is 1. The molecule has 102 valence electrons. The Hall–Kier alpha value is -1.36. The van der Waals surface area contributed by atoms with E-state index in [0.717, 1.165) is 31.2 Å². The van der Waals surface area contributed by atoms with Gasteiger partial charge in [-0.1, -0.05) is 36.8 Å². The number of rotatable bonds is 3. The highest BCUT2D eigenvalue weighted by Crippen LogP contribution is 2.33. The Balaban J connectivity index is 1.74. The highest BCUT2D eigenvalue weighted by Gasteiger charge is 2.45. The van der Waals surface area contributed by atoms with Crippen LogP contribution in [-0.2, 0) is 21.5 Å². The van der Waals surface area contributed by atoms with Crippen LogP contribution in [0.2, 0.25) is 0 Å². The Morgan fingerprint density at radius 2 is 1.95 bits per heavy atom. The monoisotopic (exact) mass is 279 g/mol. The number of nitrogens with zero attached hydrogens (tertiary/aromatic N) is 1. The third-order valence-electron chi connectivity index (χ3n) is 3.75. The largest absolute Gasteiger partial charge is 0.443 e. The molecule has 3 atom stereocenters. The third-order valence-corrected chi connectivity index (χ3v) is 5.19. The van der Waals surface area contributed by atoms with Gasteiger partial charge < -0.3 is 4.74 Å². The first-order valence-electron chi connectivity index (χ1n) is 6.68. The van der Waals surface area contributed by atoms with E-state index in [4.69, 9.17) is 4.74 Å². The molecule has 2 fully saturated rings. The van der Waals surface area contributed by atoms with Gasteiger partial charge in [-0.2, -0.15) is 0 Å². The van der Waals surface area contributed by atoms with Crippen molar-refractivity contribution in [3.8, 4) is 0 Å². The average molecular weight is 279 g/mol. The lowest BCUT2D eigenvalue weighted by Crippen LogP contribution is -2.40. The molecule has 0 aromatic heterocycles. The number of hydrogen-bond acceptors (Lipinski definition) is 3. The highest BCUT2D eigenvalue weighted by atomic mass is 32.2. The average Bonchev–Trinajstić information content (AvgIpc) is 2.75. The topological polar surface area (TPSA) is 46.6 Å². The minimum atomic E-state index is -1.34. The molecule has 0 N–H and O–H groups in total. The molecule has 1 aliphatic heterocycles. The maximum atomic E-state index is 12.4. The van der Waals surface area contributed by atoms with E-state index in [1.165, 1.54) is 4.31 Å². The Bertz CT molecular complexity index is 491. The second kappa shape index (κ2) is 5.33. The molecule has 1 saturated carbocycles.